The van der Waals surface area contributed by atoms with E-state index in [-0.39, 0.29) is 37.2 Å². The minimum atomic E-state index is -1.13. The predicted octanol–water partition coefficient (Wildman–Crippen LogP) is 0.343. The summed E-state index contributed by atoms with van der Waals surface area (Å²) in [5, 5.41) is 14.9. The number of rotatable bonds is 6. The first-order chi connectivity index (χ1) is 10.3. The van der Waals surface area contributed by atoms with Crippen LogP contribution in [0.5, 0.6) is 0 Å². The number of likely N-dealkylation sites (tertiary alicyclic amines) is 1. The maximum atomic E-state index is 13.3. The molecule has 22 heavy (non-hydrogen) atoms. The molecule has 122 valence electrons. The lowest BCUT2D eigenvalue weighted by atomic mass is 10.1. The molecular weight excluding hydrogens is 287 g/mol. The van der Waals surface area contributed by atoms with Crippen LogP contribution in [0.3, 0.4) is 0 Å². The quantitative estimate of drug-likeness (QED) is 0.741. The monoisotopic (exact) mass is 310 g/mol. The molecule has 1 heterocycles. The van der Waals surface area contributed by atoms with Gasteiger partial charge in [-0.05, 0) is 26.7 Å². The van der Waals surface area contributed by atoms with Crippen molar-refractivity contribution in [3.8, 4) is 6.07 Å². The fourth-order valence-corrected chi connectivity index (χ4v) is 2.46. The molecule has 0 radical (unpaired) electrons. The van der Waals surface area contributed by atoms with E-state index in [0.717, 1.165) is 12.8 Å². The summed E-state index contributed by atoms with van der Waals surface area (Å²) in [6, 6.07) is 1.28. The van der Waals surface area contributed by atoms with Gasteiger partial charge in [-0.2, -0.15) is 5.26 Å². The molecule has 1 saturated heterocycles. The lowest BCUT2D eigenvalue weighted by molar-refractivity contribution is -0.130. The van der Waals surface area contributed by atoms with E-state index >= 15 is 0 Å². The summed E-state index contributed by atoms with van der Waals surface area (Å²) in [7, 11) is 0. The Morgan fingerprint density at radius 3 is 2.68 bits per heavy atom. The summed E-state index contributed by atoms with van der Waals surface area (Å²) in [6.45, 7) is 4.20. The van der Waals surface area contributed by atoms with Crippen LogP contribution >= 0.6 is 0 Å². The van der Waals surface area contributed by atoms with Gasteiger partial charge in [0.25, 0.3) is 0 Å². The maximum Gasteiger partial charge on any atom is 0.237 e. The summed E-state index contributed by atoms with van der Waals surface area (Å²) < 4.78 is 13.3. The first kappa shape index (κ1) is 16.7. The highest BCUT2D eigenvalue weighted by molar-refractivity contribution is 5.81. The van der Waals surface area contributed by atoms with Crippen molar-refractivity contribution in [1.82, 2.24) is 15.5 Å². The van der Waals surface area contributed by atoms with Gasteiger partial charge in [0.05, 0.1) is 19.2 Å². The first-order valence-electron chi connectivity index (χ1n) is 7.68. The fraction of sp³-hybridized carbons (Fsp3) is 0.800. The van der Waals surface area contributed by atoms with Crippen molar-refractivity contribution in [3.05, 3.63) is 0 Å². The van der Waals surface area contributed by atoms with Gasteiger partial charge >= 0.3 is 0 Å². The third kappa shape index (κ3) is 4.41. The van der Waals surface area contributed by atoms with Gasteiger partial charge in [0.1, 0.15) is 12.2 Å². The largest absolute Gasteiger partial charge is 0.354 e. The molecule has 2 fully saturated rings. The van der Waals surface area contributed by atoms with Gasteiger partial charge in [-0.15, -0.1) is 0 Å². The highest BCUT2D eigenvalue weighted by atomic mass is 19.1. The normalized spacial score (nSPS) is 24.9. The van der Waals surface area contributed by atoms with E-state index in [1.54, 1.807) is 0 Å². The molecule has 7 heteroatoms. The molecule has 0 aromatic rings. The second-order valence-electron chi connectivity index (χ2n) is 6.75. The molecule has 1 saturated carbocycles. The summed E-state index contributed by atoms with van der Waals surface area (Å²) >= 11 is 0. The van der Waals surface area contributed by atoms with Crippen LogP contribution < -0.4 is 10.6 Å². The lowest BCUT2D eigenvalue weighted by Gasteiger charge is -2.28. The predicted molar refractivity (Wildman–Crippen MR) is 78.4 cm³/mol. The Hall–Kier alpha value is -1.68. The highest BCUT2D eigenvalue weighted by Gasteiger charge is 2.36. The molecule has 1 aliphatic carbocycles. The molecule has 6 nitrogen and oxygen atoms in total. The Labute approximate surface area is 130 Å². The average molecular weight is 310 g/mol. The van der Waals surface area contributed by atoms with E-state index in [4.69, 9.17) is 5.26 Å². The number of carbonyl (C=O) groups is 2. The van der Waals surface area contributed by atoms with E-state index in [2.05, 4.69) is 10.6 Å². The second kappa shape index (κ2) is 6.61. The van der Waals surface area contributed by atoms with Gasteiger partial charge in [-0.25, -0.2) is 4.39 Å². The zero-order valence-corrected chi connectivity index (χ0v) is 13.1. The van der Waals surface area contributed by atoms with Crippen molar-refractivity contribution in [1.29, 1.82) is 5.26 Å². The molecule has 2 amide bonds. The number of hydrogen-bond acceptors (Lipinski definition) is 4. The molecule has 0 aromatic heterocycles. The fourth-order valence-electron chi connectivity index (χ4n) is 2.46. The number of nitrogens with one attached hydrogen (secondary N) is 2. The molecule has 0 aromatic carbocycles. The molecule has 1 aliphatic heterocycles. The molecule has 0 bridgehead atoms. The molecule has 2 aliphatic rings. The van der Waals surface area contributed by atoms with E-state index in [9.17, 15) is 14.0 Å². The SMILES string of the molecule is CC(C)(CNC(=O)C1CC1)NCC(=O)N1C[C@@H](F)C[C@H]1C#N. The molecule has 2 N–H and O–H groups in total. The van der Waals surface area contributed by atoms with Crippen LogP contribution in [0.15, 0.2) is 0 Å². The third-order valence-electron chi connectivity index (χ3n) is 4.09. The van der Waals surface area contributed by atoms with Crippen LogP contribution in [0.25, 0.3) is 0 Å². The Bertz CT molecular complexity index is 484. The average Bonchev–Trinajstić information content (AvgIpc) is 3.25. The van der Waals surface area contributed by atoms with Gasteiger partial charge in [-0.1, -0.05) is 0 Å². The Morgan fingerprint density at radius 1 is 1.41 bits per heavy atom. The second-order valence-corrected chi connectivity index (χ2v) is 6.75. The van der Waals surface area contributed by atoms with Crippen LogP contribution in [0.4, 0.5) is 4.39 Å². The number of hydrogen-bond donors (Lipinski definition) is 2. The maximum absolute atomic E-state index is 13.3. The van der Waals surface area contributed by atoms with Crippen molar-refractivity contribution in [2.75, 3.05) is 19.6 Å². The first-order valence-corrected chi connectivity index (χ1v) is 7.68. The Morgan fingerprint density at radius 2 is 2.09 bits per heavy atom. The summed E-state index contributed by atoms with van der Waals surface area (Å²) in [5.74, 6) is -0.0706. The lowest BCUT2D eigenvalue weighted by Crippen LogP contribution is -2.53. The topological polar surface area (TPSA) is 85.2 Å². The number of carbonyl (C=O) groups excluding carboxylic acids is 2. The molecule has 2 atom stereocenters. The van der Waals surface area contributed by atoms with Crippen molar-refractivity contribution < 1.29 is 14.0 Å². The van der Waals surface area contributed by atoms with Crippen molar-refractivity contribution in [2.45, 2.75) is 50.9 Å². The van der Waals surface area contributed by atoms with Crippen LogP contribution in [0.2, 0.25) is 0 Å². The molecule has 0 unspecified atom stereocenters. The zero-order valence-electron chi connectivity index (χ0n) is 13.1. The van der Waals surface area contributed by atoms with E-state index in [1.165, 1.54) is 4.90 Å². The van der Waals surface area contributed by atoms with Crippen LogP contribution in [-0.4, -0.2) is 54.1 Å². The number of nitriles is 1. The van der Waals surface area contributed by atoms with Crippen molar-refractivity contribution in [3.63, 3.8) is 0 Å². The van der Waals surface area contributed by atoms with Gasteiger partial charge in [0.15, 0.2) is 0 Å². The Balaban J connectivity index is 1.76. The smallest absolute Gasteiger partial charge is 0.237 e. The summed E-state index contributed by atoms with van der Waals surface area (Å²) in [6.07, 6.45) is 0.864. The van der Waals surface area contributed by atoms with Gasteiger partial charge < -0.3 is 15.5 Å². The van der Waals surface area contributed by atoms with Crippen molar-refractivity contribution in [2.24, 2.45) is 5.92 Å². The Kier molecular flexibility index (Phi) is 5.01. The molecular formula is C15H23FN4O2. The molecule has 0 spiro atoms. The minimum Gasteiger partial charge on any atom is -0.354 e. The number of nitrogens with zero attached hydrogens (tertiary/aromatic N) is 2. The standard InChI is InChI=1S/C15H23FN4O2/c1-15(2,9-18-14(22)10-3-4-10)19-7-13(21)20-8-11(16)5-12(20)6-17/h10-12,19H,3-5,7-9H2,1-2H3,(H,18,22)/t11-,12-/m0/s1. The van der Waals surface area contributed by atoms with E-state index < -0.39 is 17.8 Å². The van der Waals surface area contributed by atoms with E-state index in [1.807, 2.05) is 19.9 Å². The zero-order chi connectivity index (χ0) is 16.3. The van der Waals surface area contributed by atoms with Gasteiger partial charge in [0.2, 0.25) is 11.8 Å². The van der Waals surface area contributed by atoms with Crippen LogP contribution in [0, 0.1) is 17.2 Å². The van der Waals surface area contributed by atoms with Crippen molar-refractivity contribution >= 4 is 11.8 Å². The molecule has 2 rings (SSSR count). The number of alkyl halides is 1. The van der Waals surface area contributed by atoms with Gasteiger partial charge in [-0.3, -0.25) is 9.59 Å². The van der Waals surface area contributed by atoms with Crippen LogP contribution in [-0.2, 0) is 9.59 Å². The number of amides is 2. The minimum absolute atomic E-state index is 0.0163. The van der Waals surface area contributed by atoms with Crippen LogP contribution in [0.1, 0.15) is 33.1 Å². The summed E-state index contributed by atoms with van der Waals surface area (Å²) in [5.41, 5.74) is -0.447. The third-order valence-corrected chi connectivity index (χ3v) is 4.09. The van der Waals surface area contributed by atoms with Gasteiger partial charge in [0, 0.05) is 24.4 Å². The summed E-state index contributed by atoms with van der Waals surface area (Å²) in [4.78, 5) is 25.0. The number of halogens is 1. The van der Waals surface area contributed by atoms with E-state index in [0.29, 0.717) is 6.54 Å². The highest BCUT2D eigenvalue weighted by Crippen LogP contribution is 2.28.